The molecule has 0 saturated heterocycles. The van der Waals surface area contributed by atoms with Gasteiger partial charge in [0.1, 0.15) is 5.75 Å². The number of nitrogens with zero attached hydrogens (tertiary/aromatic N) is 2. The Morgan fingerprint density at radius 2 is 2.00 bits per heavy atom. The molecule has 0 radical (unpaired) electrons. The Morgan fingerprint density at radius 3 is 2.57 bits per heavy atom. The lowest BCUT2D eigenvalue weighted by Gasteiger charge is -2.19. The Hall–Kier alpha value is -1.90. The fourth-order valence-electron chi connectivity index (χ4n) is 1.90. The summed E-state index contributed by atoms with van der Waals surface area (Å²) in [6.07, 6.45) is 0.403. The van der Waals surface area contributed by atoms with Gasteiger partial charge in [-0.05, 0) is 31.2 Å². The highest BCUT2D eigenvalue weighted by Gasteiger charge is 2.12. The smallest absolute Gasteiger partial charge is 0.176 e. The van der Waals surface area contributed by atoms with Gasteiger partial charge < -0.3 is 9.47 Å². The van der Waals surface area contributed by atoms with Crippen molar-refractivity contribution in [3.05, 3.63) is 29.8 Å². The quantitative estimate of drug-likeness (QED) is 0.618. The molecule has 0 aliphatic rings. The minimum Gasteiger partial charge on any atom is -0.494 e. The molecule has 1 aromatic carbocycles. The second kappa shape index (κ2) is 9.92. The van der Waals surface area contributed by atoms with Crippen molar-refractivity contribution in [1.82, 2.24) is 4.90 Å². The van der Waals surface area contributed by atoms with Crippen molar-refractivity contribution in [3.63, 3.8) is 0 Å². The number of carbonyl (C=O) groups is 1. The Balaban J connectivity index is 2.60. The van der Waals surface area contributed by atoms with Gasteiger partial charge in [-0.15, -0.1) is 0 Å². The summed E-state index contributed by atoms with van der Waals surface area (Å²) in [6, 6.07) is 9.23. The fourth-order valence-corrected chi connectivity index (χ4v) is 1.90. The molecular formula is C16H22N2O3. The number of benzene rings is 1. The van der Waals surface area contributed by atoms with Gasteiger partial charge in [0.05, 0.1) is 25.8 Å². The Morgan fingerprint density at radius 1 is 1.29 bits per heavy atom. The minimum absolute atomic E-state index is 0.0343. The number of hydrogen-bond acceptors (Lipinski definition) is 5. The molecular weight excluding hydrogens is 268 g/mol. The molecule has 5 nitrogen and oxygen atoms in total. The van der Waals surface area contributed by atoms with Crippen molar-refractivity contribution in [1.29, 1.82) is 5.26 Å². The van der Waals surface area contributed by atoms with E-state index >= 15 is 0 Å². The molecule has 0 amide bonds. The normalized spacial score (nSPS) is 10.4. The van der Waals surface area contributed by atoms with Crippen LogP contribution in [0.25, 0.3) is 0 Å². The van der Waals surface area contributed by atoms with Crippen LogP contribution >= 0.6 is 0 Å². The summed E-state index contributed by atoms with van der Waals surface area (Å²) in [7, 11) is 1.62. The zero-order valence-electron chi connectivity index (χ0n) is 12.7. The highest BCUT2D eigenvalue weighted by atomic mass is 16.5. The van der Waals surface area contributed by atoms with Crippen molar-refractivity contribution in [2.45, 2.75) is 13.3 Å². The molecule has 0 atom stereocenters. The van der Waals surface area contributed by atoms with Crippen molar-refractivity contribution < 1.29 is 14.3 Å². The Bertz CT molecular complexity index is 465. The van der Waals surface area contributed by atoms with E-state index in [1.807, 2.05) is 11.8 Å². The third-order valence-electron chi connectivity index (χ3n) is 3.01. The number of Topliss-reactive ketones (excluding diaryl/α,β-unsaturated/α-hetero) is 1. The van der Waals surface area contributed by atoms with Crippen LogP contribution in [0, 0.1) is 11.3 Å². The van der Waals surface area contributed by atoms with E-state index in [9.17, 15) is 4.79 Å². The lowest BCUT2D eigenvalue weighted by Crippen LogP contribution is -2.33. The molecule has 0 fully saturated rings. The molecule has 0 N–H and O–H groups in total. The first-order chi connectivity index (χ1) is 10.2. The molecule has 114 valence electrons. The molecule has 1 aromatic rings. The van der Waals surface area contributed by atoms with Gasteiger partial charge >= 0.3 is 0 Å². The number of ketones is 1. The van der Waals surface area contributed by atoms with E-state index in [0.29, 0.717) is 44.8 Å². The molecule has 0 aliphatic carbocycles. The summed E-state index contributed by atoms with van der Waals surface area (Å²) in [5, 5.41) is 8.67. The van der Waals surface area contributed by atoms with Crippen LogP contribution in [0.2, 0.25) is 0 Å². The maximum Gasteiger partial charge on any atom is 0.176 e. The maximum absolute atomic E-state index is 12.2. The van der Waals surface area contributed by atoms with Crippen LogP contribution in [-0.2, 0) is 4.74 Å². The molecule has 0 aliphatic heterocycles. The summed E-state index contributed by atoms with van der Waals surface area (Å²) in [5.41, 5.74) is 0.651. The molecule has 5 heteroatoms. The first kappa shape index (κ1) is 17.2. The number of methoxy groups -OCH3 is 1. The molecule has 0 spiro atoms. The molecule has 0 aromatic heterocycles. The molecule has 0 heterocycles. The van der Waals surface area contributed by atoms with Gasteiger partial charge in [0.25, 0.3) is 0 Å². The second-order valence-electron chi connectivity index (χ2n) is 4.56. The average Bonchev–Trinajstić information content (AvgIpc) is 2.51. The van der Waals surface area contributed by atoms with Crippen LogP contribution in [0.4, 0.5) is 0 Å². The zero-order chi connectivity index (χ0) is 15.5. The van der Waals surface area contributed by atoms with Crippen molar-refractivity contribution >= 4 is 5.78 Å². The highest BCUT2D eigenvalue weighted by Crippen LogP contribution is 2.13. The summed E-state index contributed by atoms with van der Waals surface area (Å²) < 4.78 is 10.4. The highest BCUT2D eigenvalue weighted by molar-refractivity contribution is 5.97. The van der Waals surface area contributed by atoms with E-state index in [2.05, 4.69) is 6.07 Å². The van der Waals surface area contributed by atoms with E-state index in [1.54, 1.807) is 31.4 Å². The van der Waals surface area contributed by atoms with E-state index < -0.39 is 0 Å². The SMILES string of the molecule is CCOc1ccc(C(=O)CN(CCC#N)CCOC)cc1. The van der Waals surface area contributed by atoms with E-state index in [4.69, 9.17) is 14.7 Å². The lowest BCUT2D eigenvalue weighted by molar-refractivity contribution is 0.0898. The minimum atomic E-state index is 0.0343. The Labute approximate surface area is 126 Å². The molecule has 1 rings (SSSR count). The third kappa shape index (κ3) is 6.39. The van der Waals surface area contributed by atoms with E-state index in [1.165, 1.54) is 0 Å². The zero-order valence-corrected chi connectivity index (χ0v) is 12.7. The van der Waals surface area contributed by atoms with Crippen LogP contribution in [0.3, 0.4) is 0 Å². The molecule has 0 saturated carbocycles. The van der Waals surface area contributed by atoms with Gasteiger partial charge in [0, 0.05) is 32.2 Å². The lowest BCUT2D eigenvalue weighted by atomic mass is 10.1. The second-order valence-corrected chi connectivity index (χ2v) is 4.56. The van der Waals surface area contributed by atoms with Gasteiger partial charge in [-0.25, -0.2) is 0 Å². The molecule has 0 bridgehead atoms. The summed E-state index contributed by atoms with van der Waals surface area (Å²) >= 11 is 0. The van der Waals surface area contributed by atoms with Gasteiger partial charge in [-0.1, -0.05) is 0 Å². The monoisotopic (exact) mass is 290 g/mol. The van der Waals surface area contributed by atoms with E-state index in [-0.39, 0.29) is 5.78 Å². The van der Waals surface area contributed by atoms with E-state index in [0.717, 1.165) is 5.75 Å². The van der Waals surface area contributed by atoms with Crippen molar-refractivity contribution in [2.24, 2.45) is 0 Å². The van der Waals surface area contributed by atoms with Gasteiger partial charge in [-0.2, -0.15) is 5.26 Å². The van der Waals surface area contributed by atoms with Crippen molar-refractivity contribution in [2.75, 3.05) is 40.0 Å². The van der Waals surface area contributed by atoms with Crippen LogP contribution in [0.1, 0.15) is 23.7 Å². The first-order valence-corrected chi connectivity index (χ1v) is 7.05. The van der Waals surface area contributed by atoms with Crippen LogP contribution in [0.5, 0.6) is 5.75 Å². The summed E-state index contributed by atoms with van der Waals surface area (Å²) in [5.74, 6) is 0.793. The van der Waals surface area contributed by atoms with Gasteiger partial charge in [-0.3, -0.25) is 9.69 Å². The van der Waals surface area contributed by atoms with Gasteiger partial charge in [0.15, 0.2) is 5.78 Å². The van der Waals surface area contributed by atoms with Crippen molar-refractivity contribution in [3.8, 4) is 11.8 Å². The Kier molecular flexibility index (Phi) is 8.10. The standard InChI is InChI=1S/C16H22N2O3/c1-3-21-15-7-5-14(6-8-15)16(19)13-18(10-4-9-17)11-12-20-2/h5-8H,3-4,10-13H2,1-2H3. The number of nitriles is 1. The largest absolute Gasteiger partial charge is 0.494 e. The number of rotatable bonds is 10. The van der Waals surface area contributed by atoms with Crippen LogP contribution in [-0.4, -0.2) is 50.6 Å². The third-order valence-corrected chi connectivity index (χ3v) is 3.01. The maximum atomic E-state index is 12.2. The van der Waals surface area contributed by atoms with Crippen LogP contribution < -0.4 is 4.74 Å². The van der Waals surface area contributed by atoms with Crippen LogP contribution in [0.15, 0.2) is 24.3 Å². The summed E-state index contributed by atoms with van der Waals surface area (Å²) in [6.45, 7) is 4.57. The predicted octanol–water partition coefficient (Wildman–Crippen LogP) is 2.13. The predicted molar refractivity (Wildman–Crippen MR) is 80.5 cm³/mol. The summed E-state index contributed by atoms with van der Waals surface area (Å²) in [4.78, 5) is 14.2. The topological polar surface area (TPSA) is 62.6 Å². The number of hydrogen-bond donors (Lipinski definition) is 0. The average molecular weight is 290 g/mol. The van der Waals surface area contributed by atoms with Gasteiger partial charge in [0.2, 0.25) is 0 Å². The number of carbonyl (C=O) groups excluding carboxylic acids is 1. The molecule has 21 heavy (non-hydrogen) atoms. The first-order valence-electron chi connectivity index (χ1n) is 7.05. The number of ether oxygens (including phenoxy) is 2. The molecule has 0 unspecified atom stereocenters. The fraction of sp³-hybridized carbons (Fsp3) is 0.500.